The van der Waals surface area contributed by atoms with Gasteiger partial charge >= 0.3 is 0 Å². The number of nitrogens with one attached hydrogen (secondary N) is 1. The van der Waals surface area contributed by atoms with Gasteiger partial charge in [-0.1, -0.05) is 6.92 Å². The molecular weight excluding hydrogens is 174 g/mol. The maximum atomic E-state index is 5.04. The maximum absolute atomic E-state index is 5.04. The Labute approximate surface area is 76.6 Å². The zero-order valence-corrected chi connectivity index (χ0v) is 8.15. The molecule has 5 heteroatoms. The number of rotatable bonds is 4. The fourth-order valence-corrected chi connectivity index (χ4v) is 1.29. The minimum absolute atomic E-state index is 0.507. The Kier molecular flexibility index (Phi) is 3.43. The average Bonchev–Trinajstić information content (AvgIpc) is 2.37. The Morgan fingerprint density at radius 3 is 3.00 bits per heavy atom. The standard InChI is InChI=1S/C7H13N3OS/c1-3-4-10-6(5-11-2)8-9-7(10)12/h3-5H2,1-2H3,(H,9,12). The van der Waals surface area contributed by atoms with Gasteiger partial charge in [0.2, 0.25) is 0 Å². The number of hydrogen-bond acceptors (Lipinski definition) is 3. The molecule has 0 aliphatic carbocycles. The highest BCUT2D eigenvalue weighted by Crippen LogP contribution is 2.00. The van der Waals surface area contributed by atoms with Gasteiger partial charge in [0.1, 0.15) is 6.61 Å². The van der Waals surface area contributed by atoms with E-state index < -0.39 is 0 Å². The average molecular weight is 187 g/mol. The van der Waals surface area contributed by atoms with E-state index in [-0.39, 0.29) is 0 Å². The Morgan fingerprint density at radius 2 is 2.42 bits per heavy atom. The third-order valence-corrected chi connectivity index (χ3v) is 1.87. The van der Waals surface area contributed by atoms with Crippen molar-refractivity contribution < 1.29 is 4.74 Å². The summed E-state index contributed by atoms with van der Waals surface area (Å²) in [4.78, 5) is 0. The summed E-state index contributed by atoms with van der Waals surface area (Å²) in [6.07, 6.45) is 1.05. The number of methoxy groups -OCH3 is 1. The number of nitrogens with zero attached hydrogens (tertiary/aromatic N) is 2. The molecule has 0 fully saturated rings. The summed E-state index contributed by atoms with van der Waals surface area (Å²) in [6.45, 7) is 3.51. The van der Waals surface area contributed by atoms with Gasteiger partial charge in [-0.05, 0) is 18.6 Å². The second kappa shape index (κ2) is 4.37. The lowest BCUT2D eigenvalue weighted by atomic mass is 10.4. The Hall–Kier alpha value is -0.680. The van der Waals surface area contributed by atoms with Gasteiger partial charge in [-0.15, -0.1) is 0 Å². The Bertz CT molecular complexity index is 291. The molecule has 0 aliphatic heterocycles. The van der Waals surface area contributed by atoms with Crippen LogP contribution in [0.1, 0.15) is 19.2 Å². The van der Waals surface area contributed by atoms with Crippen LogP contribution in [0.15, 0.2) is 0 Å². The van der Waals surface area contributed by atoms with Gasteiger partial charge in [0.05, 0.1) is 0 Å². The summed E-state index contributed by atoms with van der Waals surface area (Å²) in [5.41, 5.74) is 0. The molecule has 1 heterocycles. The van der Waals surface area contributed by atoms with E-state index in [1.807, 2.05) is 4.57 Å². The Balaban J connectivity index is 2.87. The van der Waals surface area contributed by atoms with Gasteiger partial charge in [0.25, 0.3) is 0 Å². The van der Waals surface area contributed by atoms with Crippen LogP contribution >= 0.6 is 12.2 Å². The predicted molar refractivity (Wildman–Crippen MR) is 48.4 cm³/mol. The van der Waals surface area contributed by atoms with E-state index in [2.05, 4.69) is 17.1 Å². The third kappa shape index (κ3) is 1.92. The van der Waals surface area contributed by atoms with Crippen molar-refractivity contribution in [2.75, 3.05) is 7.11 Å². The van der Waals surface area contributed by atoms with Crippen molar-refractivity contribution in [2.24, 2.45) is 0 Å². The molecule has 12 heavy (non-hydrogen) atoms. The van der Waals surface area contributed by atoms with Crippen LogP contribution in [0.3, 0.4) is 0 Å². The van der Waals surface area contributed by atoms with Crippen LogP contribution in [0.5, 0.6) is 0 Å². The second-order valence-corrected chi connectivity index (χ2v) is 2.92. The molecule has 68 valence electrons. The van der Waals surface area contributed by atoms with Crippen LogP contribution in [-0.2, 0) is 17.9 Å². The zero-order chi connectivity index (χ0) is 8.97. The predicted octanol–water partition coefficient (Wildman–Crippen LogP) is 1.50. The van der Waals surface area contributed by atoms with E-state index in [1.54, 1.807) is 7.11 Å². The summed E-state index contributed by atoms with van der Waals surface area (Å²) in [5.74, 6) is 0.865. The first-order valence-electron chi connectivity index (χ1n) is 3.92. The molecule has 0 spiro atoms. The first-order valence-corrected chi connectivity index (χ1v) is 4.33. The van der Waals surface area contributed by atoms with Crippen molar-refractivity contribution in [3.63, 3.8) is 0 Å². The van der Waals surface area contributed by atoms with Gasteiger partial charge in [-0.3, -0.25) is 5.10 Å². The van der Waals surface area contributed by atoms with Crippen molar-refractivity contribution in [1.29, 1.82) is 0 Å². The largest absolute Gasteiger partial charge is 0.377 e. The first-order chi connectivity index (χ1) is 5.79. The summed E-state index contributed by atoms with van der Waals surface area (Å²) < 4.78 is 7.61. The second-order valence-electron chi connectivity index (χ2n) is 2.53. The molecule has 1 rings (SSSR count). The normalized spacial score (nSPS) is 10.5. The van der Waals surface area contributed by atoms with Gasteiger partial charge in [0, 0.05) is 13.7 Å². The molecule has 0 saturated carbocycles. The van der Waals surface area contributed by atoms with Crippen molar-refractivity contribution in [1.82, 2.24) is 14.8 Å². The quantitative estimate of drug-likeness (QED) is 0.726. The summed E-state index contributed by atoms with van der Waals surface area (Å²) in [5, 5.41) is 6.79. The molecule has 0 radical (unpaired) electrons. The van der Waals surface area contributed by atoms with E-state index in [0.29, 0.717) is 11.4 Å². The minimum Gasteiger partial charge on any atom is -0.377 e. The lowest BCUT2D eigenvalue weighted by molar-refractivity contribution is 0.173. The van der Waals surface area contributed by atoms with Crippen LogP contribution in [0.4, 0.5) is 0 Å². The number of hydrogen-bond donors (Lipinski definition) is 1. The van der Waals surface area contributed by atoms with Gasteiger partial charge in [-0.2, -0.15) is 5.10 Å². The highest BCUT2D eigenvalue weighted by atomic mass is 32.1. The van der Waals surface area contributed by atoms with Crippen LogP contribution in [0.25, 0.3) is 0 Å². The molecule has 4 nitrogen and oxygen atoms in total. The highest BCUT2D eigenvalue weighted by Gasteiger charge is 2.03. The monoisotopic (exact) mass is 187 g/mol. The van der Waals surface area contributed by atoms with E-state index >= 15 is 0 Å². The molecule has 1 N–H and O–H groups in total. The molecule has 0 atom stereocenters. The van der Waals surface area contributed by atoms with Crippen LogP contribution in [0, 0.1) is 4.77 Å². The van der Waals surface area contributed by atoms with E-state index in [4.69, 9.17) is 17.0 Å². The fourth-order valence-electron chi connectivity index (χ4n) is 1.04. The van der Waals surface area contributed by atoms with Crippen LogP contribution < -0.4 is 0 Å². The van der Waals surface area contributed by atoms with Crippen LogP contribution in [0.2, 0.25) is 0 Å². The lowest BCUT2D eigenvalue weighted by Gasteiger charge is -2.02. The SMILES string of the molecule is CCCn1c(COC)n[nH]c1=S. The lowest BCUT2D eigenvalue weighted by Crippen LogP contribution is -2.04. The van der Waals surface area contributed by atoms with E-state index in [1.165, 1.54) is 0 Å². The highest BCUT2D eigenvalue weighted by molar-refractivity contribution is 7.71. The van der Waals surface area contributed by atoms with E-state index in [0.717, 1.165) is 18.8 Å². The Morgan fingerprint density at radius 1 is 1.67 bits per heavy atom. The minimum atomic E-state index is 0.507. The van der Waals surface area contributed by atoms with Crippen LogP contribution in [-0.4, -0.2) is 21.9 Å². The maximum Gasteiger partial charge on any atom is 0.195 e. The molecule has 0 saturated heterocycles. The van der Waals surface area contributed by atoms with Crippen molar-refractivity contribution in [3.05, 3.63) is 10.6 Å². The first kappa shape index (κ1) is 9.41. The smallest absolute Gasteiger partial charge is 0.195 e. The van der Waals surface area contributed by atoms with E-state index in [9.17, 15) is 0 Å². The van der Waals surface area contributed by atoms with Gasteiger partial charge < -0.3 is 9.30 Å². The number of ether oxygens (including phenoxy) is 1. The molecule has 0 aromatic carbocycles. The van der Waals surface area contributed by atoms with Gasteiger partial charge in [0.15, 0.2) is 10.6 Å². The molecule has 1 aromatic heterocycles. The zero-order valence-electron chi connectivity index (χ0n) is 7.33. The third-order valence-electron chi connectivity index (χ3n) is 1.56. The fraction of sp³-hybridized carbons (Fsp3) is 0.714. The number of aromatic amines is 1. The molecule has 1 aromatic rings. The topological polar surface area (TPSA) is 42.8 Å². The molecule has 0 unspecified atom stereocenters. The van der Waals surface area contributed by atoms with Crippen molar-refractivity contribution in [3.8, 4) is 0 Å². The summed E-state index contributed by atoms with van der Waals surface area (Å²) in [6, 6.07) is 0. The molecule has 0 amide bonds. The molecule has 0 aliphatic rings. The summed E-state index contributed by atoms with van der Waals surface area (Å²) in [7, 11) is 1.65. The van der Waals surface area contributed by atoms with Gasteiger partial charge in [-0.25, -0.2) is 0 Å². The summed E-state index contributed by atoms with van der Waals surface area (Å²) >= 11 is 5.04. The van der Waals surface area contributed by atoms with Crippen molar-refractivity contribution in [2.45, 2.75) is 26.5 Å². The number of H-pyrrole nitrogens is 1. The number of aromatic nitrogens is 3. The molecular formula is C7H13N3OS. The van der Waals surface area contributed by atoms with Crippen molar-refractivity contribution >= 4 is 12.2 Å². The molecule has 0 bridgehead atoms.